The fourth-order valence-corrected chi connectivity index (χ4v) is 4.61. The molecule has 0 aromatic heterocycles. The number of hydrogen-bond donors (Lipinski definition) is 1. The molecule has 1 N–H and O–H groups in total. The minimum Gasteiger partial charge on any atom is -0.491 e. The Labute approximate surface area is 212 Å². The highest BCUT2D eigenvalue weighted by Crippen LogP contribution is 2.31. The van der Waals surface area contributed by atoms with E-state index in [9.17, 15) is 14.0 Å². The van der Waals surface area contributed by atoms with Gasteiger partial charge in [-0.05, 0) is 61.6 Å². The van der Waals surface area contributed by atoms with Crippen molar-refractivity contribution in [3.63, 3.8) is 0 Å². The van der Waals surface area contributed by atoms with Crippen LogP contribution in [0, 0.1) is 17.7 Å². The SMILES string of the molecule is CO[C@@H]1CN(C)C(=O)c2cc(NC(=O)C3CC3)ccc2OC[C@H](C)N(Cc2cccc(F)c2)C[C@H]1C. The molecule has 7 nitrogen and oxygen atoms in total. The molecule has 1 fully saturated rings. The van der Waals surface area contributed by atoms with Gasteiger partial charge < -0.3 is 19.7 Å². The quantitative estimate of drug-likeness (QED) is 0.671. The van der Waals surface area contributed by atoms with E-state index in [4.69, 9.17) is 9.47 Å². The number of amides is 2. The van der Waals surface area contributed by atoms with Gasteiger partial charge in [0, 0.05) is 51.4 Å². The number of carbonyl (C=O) groups excluding carboxylic acids is 2. The molecule has 1 heterocycles. The lowest BCUT2D eigenvalue weighted by Gasteiger charge is -2.36. The van der Waals surface area contributed by atoms with Crippen LogP contribution >= 0.6 is 0 Å². The normalized spacial score (nSPS) is 23.8. The summed E-state index contributed by atoms with van der Waals surface area (Å²) in [5, 5.41) is 2.92. The number of hydrogen-bond acceptors (Lipinski definition) is 5. The lowest BCUT2D eigenvalue weighted by molar-refractivity contribution is -0.117. The molecule has 0 spiro atoms. The molecule has 2 amide bonds. The number of methoxy groups -OCH3 is 1. The monoisotopic (exact) mass is 497 g/mol. The van der Waals surface area contributed by atoms with Gasteiger partial charge in [0.1, 0.15) is 18.2 Å². The summed E-state index contributed by atoms with van der Waals surface area (Å²) < 4.78 is 25.8. The maximum Gasteiger partial charge on any atom is 0.257 e. The summed E-state index contributed by atoms with van der Waals surface area (Å²) in [7, 11) is 3.41. The summed E-state index contributed by atoms with van der Waals surface area (Å²) >= 11 is 0. The topological polar surface area (TPSA) is 71.1 Å². The van der Waals surface area contributed by atoms with Gasteiger partial charge in [-0.2, -0.15) is 0 Å². The van der Waals surface area contributed by atoms with Crippen molar-refractivity contribution in [3.05, 3.63) is 59.4 Å². The predicted molar refractivity (Wildman–Crippen MR) is 136 cm³/mol. The molecular weight excluding hydrogens is 461 g/mol. The molecule has 3 atom stereocenters. The Hall–Kier alpha value is -2.97. The van der Waals surface area contributed by atoms with Crippen LogP contribution in [0.1, 0.15) is 42.6 Å². The number of halogens is 1. The van der Waals surface area contributed by atoms with E-state index in [-0.39, 0.29) is 41.6 Å². The second-order valence-electron chi connectivity index (χ2n) is 10.1. The second kappa shape index (κ2) is 11.4. The molecule has 2 aromatic carbocycles. The van der Waals surface area contributed by atoms with Crippen LogP contribution in [0.5, 0.6) is 5.75 Å². The first-order valence-corrected chi connectivity index (χ1v) is 12.6. The Balaban J connectivity index is 1.62. The minimum atomic E-state index is -0.257. The van der Waals surface area contributed by atoms with E-state index in [1.165, 1.54) is 6.07 Å². The Morgan fingerprint density at radius 2 is 1.94 bits per heavy atom. The van der Waals surface area contributed by atoms with Gasteiger partial charge in [0.25, 0.3) is 5.91 Å². The summed E-state index contributed by atoms with van der Waals surface area (Å²) in [4.78, 5) is 29.6. The van der Waals surface area contributed by atoms with Crippen molar-refractivity contribution in [1.29, 1.82) is 0 Å². The largest absolute Gasteiger partial charge is 0.491 e. The first kappa shape index (κ1) is 26.1. The van der Waals surface area contributed by atoms with Gasteiger partial charge in [-0.3, -0.25) is 14.5 Å². The van der Waals surface area contributed by atoms with E-state index in [1.54, 1.807) is 49.4 Å². The predicted octanol–water partition coefficient (Wildman–Crippen LogP) is 4.18. The van der Waals surface area contributed by atoms with Gasteiger partial charge in [-0.25, -0.2) is 4.39 Å². The molecule has 0 saturated heterocycles. The highest BCUT2D eigenvalue weighted by Gasteiger charge is 2.31. The van der Waals surface area contributed by atoms with Gasteiger partial charge >= 0.3 is 0 Å². The van der Waals surface area contributed by atoms with Gasteiger partial charge in [-0.15, -0.1) is 0 Å². The van der Waals surface area contributed by atoms with Crippen LogP contribution in [0.4, 0.5) is 10.1 Å². The number of fused-ring (bicyclic) bond motifs is 1. The molecule has 4 rings (SSSR count). The van der Waals surface area contributed by atoms with Crippen LogP contribution in [-0.2, 0) is 16.1 Å². The van der Waals surface area contributed by atoms with Gasteiger partial charge in [0.2, 0.25) is 5.91 Å². The summed E-state index contributed by atoms with van der Waals surface area (Å²) in [6, 6.07) is 11.8. The smallest absolute Gasteiger partial charge is 0.257 e. The second-order valence-corrected chi connectivity index (χ2v) is 10.1. The van der Waals surface area contributed by atoms with Crippen molar-refractivity contribution < 1.29 is 23.5 Å². The average molecular weight is 498 g/mol. The Kier molecular flexibility index (Phi) is 8.26. The summed E-state index contributed by atoms with van der Waals surface area (Å²) in [5.74, 6) is 0.175. The fourth-order valence-electron chi connectivity index (χ4n) is 4.61. The van der Waals surface area contributed by atoms with Crippen molar-refractivity contribution in [3.8, 4) is 5.75 Å². The number of ether oxygens (including phenoxy) is 2. The maximum atomic E-state index is 13.9. The van der Waals surface area contributed by atoms with Crippen LogP contribution in [0.15, 0.2) is 42.5 Å². The van der Waals surface area contributed by atoms with Crippen LogP contribution in [-0.4, -0.2) is 67.6 Å². The Bertz CT molecular complexity index is 1090. The van der Waals surface area contributed by atoms with Crippen molar-refractivity contribution in [2.75, 3.05) is 39.2 Å². The van der Waals surface area contributed by atoms with Crippen LogP contribution < -0.4 is 10.1 Å². The zero-order valence-electron chi connectivity index (χ0n) is 21.5. The number of nitrogens with zero attached hydrogens (tertiary/aromatic N) is 2. The Morgan fingerprint density at radius 3 is 2.64 bits per heavy atom. The lowest BCUT2D eigenvalue weighted by atomic mass is 10.0. The molecule has 8 heteroatoms. The fraction of sp³-hybridized carbons (Fsp3) is 0.500. The first-order valence-electron chi connectivity index (χ1n) is 12.6. The molecule has 194 valence electrons. The zero-order valence-corrected chi connectivity index (χ0v) is 21.5. The zero-order chi connectivity index (χ0) is 25.8. The molecule has 1 aliphatic heterocycles. The van der Waals surface area contributed by atoms with Crippen LogP contribution in [0.3, 0.4) is 0 Å². The average Bonchev–Trinajstić information content (AvgIpc) is 3.70. The van der Waals surface area contributed by atoms with E-state index < -0.39 is 0 Å². The number of rotatable bonds is 5. The third kappa shape index (κ3) is 6.42. The number of nitrogens with one attached hydrogen (secondary N) is 1. The molecule has 1 saturated carbocycles. The standard InChI is InChI=1S/C28H36FN3O4/c1-18-14-32(15-20-6-5-7-22(29)12-20)19(2)17-36-25-11-10-23(30-27(33)21-8-9-21)13-24(25)28(34)31(3)16-26(18)35-4/h5-7,10-13,18-19,21,26H,8-9,14-17H2,1-4H3,(H,30,33)/t18-,19+,26-/m1/s1. The summed E-state index contributed by atoms with van der Waals surface area (Å²) in [6.45, 7) is 6.17. The first-order chi connectivity index (χ1) is 17.2. The van der Waals surface area contributed by atoms with Gasteiger partial charge in [0.05, 0.1) is 11.7 Å². The maximum absolute atomic E-state index is 13.9. The van der Waals surface area contributed by atoms with E-state index in [1.807, 2.05) is 6.07 Å². The third-order valence-corrected chi connectivity index (χ3v) is 7.06. The van der Waals surface area contributed by atoms with Crippen molar-refractivity contribution in [1.82, 2.24) is 9.80 Å². The highest BCUT2D eigenvalue weighted by atomic mass is 19.1. The molecule has 0 bridgehead atoms. The van der Waals surface area contributed by atoms with E-state index in [0.29, 0.717) is 43.2 Å². The van der Waals surface area contributed by atoms with Crippen LogP contribution in [0.2, 0.25) is 0 Å². The van der Waals surface area contributed by atoms with Crippen molar-refractivity contribution in [2.24, 2.45) is 11.8 Å². The molecule has 2 aliphatic rings. The van der Waals surface area contributed by atoms with E-state index in [0.717, 1.165) is 18.4 Å². The molecule has 36 heavy (non-hydrogen) atoms. The highest BCUT2D eigenvalue weighted by molar-refractivity contribution is 6.00. The molecule has 0 unspecified atom stereocenters. The molecular formula is C28H36FN3O4. The summed E-state index contributed by atoms with van der Waals surface area (Å²) in [5.41, 5.74) is 1.87. The van der Waals surface area contributed by atoms with Gasteiger partial charge in [-0.1, -0.05) is 19.1 Å². The Morgan fingerprint density at radius 1 is 1.17 bits per heavy atom. The number of carbonyl (C=O) groups is 2. The number of anilines is 1. The lowest BCUT2D eigenvalue weighted by Crippen LogP contribution is -2.46. The van der Waals surface area contributed by atoms with Gasteiger partial charge in [0.15, 0.2) is 0 Å². The van der Waals surface area contributed by atoms with E-state index in [2.05, 4.69) is 24.1 Å². The third-order valence-electron chi connectivity index (χ3n) is 7.06. The molecule has 0 radical (unpaired) electrons. The summed E-state index contributed by atoms with van der Waals surface area (Å²) in [6.07, 6.45) is 1.62. The molecule has 2 aromatic rings. The van der Waals surface area contributed by atoms with Crippen LogP contribution in [0.25, 0.3) is 0 Å². The van der Waals surface area contributed by atoms with E-state index >= 15 is 0 Å². The number of likely N-dealkylation sites (N-methyl/N-ethyl adjacent to an activating group) is 1. The molecule has 1 aliphatic carbocycles. The van der Waals surface area contributed by atoms with Crippen molar-refractivity contribution in [2.45, 2.75) is 45.4 Å². The minimum absolute atomic E-state index is 0.0115. The number of benzene rings is 2. The van der Waals surface area contributed by atoms with Crippen molar-refractivity contribution >= 4 is 17.5 Å².